The number of anilines is 1. The molecule has 0 aromatic carbocycles. The lowest BCUT2D eigenvalue weighted by molar-refractivity contribution is -0.113. The Morgan fingerprint density at radius 2 is 2.17 bits per heavy atom. The van der Waals surface area contributed by atoms with Crippen molar-refractivity contribution in [2.45, 2.75) is 37.4 Å². The Hall–Kier alpha value is -1.87. The molecule has 3 heterocycles. The van der Waals surface area contributed by atoms with Gasteiger partial charge in [0, 0.05) is 6.54 Å². The normalized spacial score (nSPS) is 13.6. The van der Waals surface area contributed by atoms with E-state index in [1.54, 1.807) is 23.6 Å². The number of fused-ring (bicyclic) bond motifs is 1. The molecule has 0 aliphatic heterocycles. The summed E-state index contributed by atoms with van der Waals surface area (Å²) in [5.41, 5.74) is 1.59. The number of rotatable bonds is 7. The second-order valence-corrected chi connectivity index (χ2v) is 9.58. The molecular weight excluding hydrogens is 463 g/mol. The Labute approximate surface area is 191 Å². The maximum Gasteiger partial charge on any atom is 0.263 e. The molecule has 1 aliphatic carbocycles. The Bertz CT molecular complexity index is 1220. The molecule has 4 rings (SSSR count). The molecule has 0 radical (unpaired) electrons. The summed E-state index contributed by atoms with van der Waals surface area (Å²) in [6, 6.07) is 1.54. The van der Waals surface area contributed by atoms with Crippen molar-refractivity contribution in [2.24, 2.45) is 0 Å². The van der Waals surface area contributed by atoms with Crippen molar-refractivity contribution >= 4 is 68.2 Å². The molecular formula is C20H18Cl2N4O2S2. The molecule has 156 valence electrons. The number of carbonyl (C=O) groups excluding carboxylic acids is 1. The third-order valence-electron chi connectivity index (χ3n) is 4.71. The van der Waals surface area contributed by atoms with Crippen molar-refractivity contribution < 1.29 is 4.79 Å². The van der Waals surface area contributed by atoms with Crippen LogP contribution >= 0.6 is 46.3 Å². The molecule has 1 aliphatic rings. The van der Waals surface area contributed by atoms with E-state index in [0.717, 1.165) is 18.4 Å². The SMILES string of the molecule is C=CCn1c(SCC(=O)Nc2nc(C)c(Cl)cc2Cl)nc2scc(C3CC3)c2c1=O. The molecule has 10 heteroatoms. The zero-order valence-electron chi connectivity index (χ0n) is 16.1. The maximum atomic E-state index is 13.1. The summed E-state index contributed by atoms with van der Waals surface area (Å²) in [6.07, 6.45) is 3.89. The van der Waals surface area contributed by atoms with E-state index in [1.807, 2.05) is 5.38 Å². The number of thioether (sulfide) groups is 1. The summed E-state index contributed by atoms with van der Waals surface area (Å²) in [5, 5.41) is 6.60. The fourth-order valence-corrected chi connectivity index (χ4v) is 5.34. The van der Waals surface area contributed by atoms with Gasteiger partial charge in [-0.15, -0.1) is 17.9 Å². The first kappa shape index (κ1) is 21.4. The zero-order chi connectivity index (χ0) is 21.4. The number of nitrogens with zero attached hydrogens (tertiary/aromatic N) is 3. The van der Waals surface area contributed by atoms with E-state index in [0.29, 0.717) is 38.6 Å². The predicted octanol–water partition coefficient (Wildman–Crippen LogP) is 5.26. The summed E-state index contributed by atoms with van der Waals surface area (Å²) >= 11 is 14.8. The molecule has 30 heavy (non-hydrogen) atoms. The molecule has 3 aromatic rings. The van der Waals surface area contributed by atoms with Crippen LogP contribution in [0.4, 0.5) is 5.82 Å². The molecule has 0 saturated heterocycles. The van der Waals surface area contributed by atoms with E-state index in [-0.39, 0.29) is 28.1 Å². The van der Waals surface area contributed by atoms with Crippen molar-refractivity contribution in [3.8, 4) is 0 Å². The van der Waals surface area contributed by atoms with Gasteiger partial charge in [-0.25, -0.2) is 9.97 Å². The van der Waals surface area contributed by atoms with Gasteiger partial charge in [-0.1, -0.05) is 41.0 Å². The number of thiophene rings is 1. The number of carbonyl (C=O) groups is 1. The summed E-state index contributed by atoms with van der Waals surface area (Å²) in [5.74, 6) is 0.467. The predicted molar refractivity (Wildman–Crippen MR) is 124 cm³/mol. The monoisotopic (exact) mass is 480 g/mol. The first-order valence-electron chi connectivity index (χ1n) is 9.27. The lowest BCUT2D eigenvalue weighted by Crippen LogP contribution is -2.24. The summed E-state index contributed by atoms with van der Waals surface area (Å²) < 4.78 is 1.57. The van der Waals surface area contributed by atoms with Gasteiger partial charge in [0.25, 0.3) is 5.56 Å². The fourth-order valence-electron chi connectivity index (χ4n) is 3.07. The molecule has 6 nitrogen and oxygen atoms in total. The van der Waals surface area contributed by atoms with Crippen molar-refractivity contribution in [2.75, 3.05) is 11.1 Å². The van der Waals surface area contributed by atoms with Crippen molar-refractivity contribution in [1.82, 2.24) is 14.5 Å². The summed E-state index contributed by atoms with van der Waals surface area (Å²) in [7, 11) is 0. The van der Waals surface area contributed by atoms with Gasteiger partial charge in [-0.3, -0.25) is 14.2 Å². The minimum Gasteiger partial charge on any atom is -0.309 e. The Kier molecular flexibility index (Phi) is 6.20. The second-order valence-electron chi connectivity index (χ2n) is 6.97. The van der Waals surface area contributed by atoms with Crippen LogP contribution in [0.5, 0.6) is 0 Å². The smallest absolute Gasteiger partial charge is 0.263 e. The highest BCUT2D eigenvalue weighted by molar-refractivity contribution is 7.99. The number of allylic oxidation sites excluding steroid dienone is 1. The molecule has 3 aromatic heterocycles. The second kappa shape index (κ2) is 8.70. The fraction of sp³-hybridized carbons (Fsp3) is 0.300. The minimum atomic E-state index is -0.305. The third-order valence-corrected chi connectivity index (χ3v) is 7.25. The van der Waals surface area contributed by atoms with Crippen molar-refractivity contribution in [3.05, 3.63) is 55.8 Å². The lowest BCUT2D eigenvalue weighted by atomic mass is 10.1. The maximum absolute atomic E-state index is 13.1. The van der Waals surface area contributed by atoms with E-state index in [9.17, 15) is 9.59 Å². The highest BCUT2D eigenvalue weighted by Crippen LogP contribution is 2.44. The highest BCUT2D eigenvalue weighted by Gasteiger charge is 2.29. The summed E-state index contributed by atoms with van der Waals surface area (Å²) in [6.45, 7) is 5.80. The lowest BCUT2D eigenvalue weighted by Gasteiger charge is -2.11. The van der Waals surface area contributed by atoms with Crippen LogP contribution in [-0.4, -0.2) is 26.2 Å². The average Bonchev–Trinajstić information content (AvgIpc) is 3.46. The van der Waals surface area contributed by atoms with Crippen molar-refractivity contribution in [3.63, 3.8) is 0 Å². The third kappa shape index (κ3) is 4.27. The van der Waals surface area contributed by atoms with Crippen LogP contribution in [0.2, 0.25) is 10.0 Å². The van der Waals surface area contributed by atoms with E-state index >= 15 is 0 Å². The number of aryl methyl sites for hydroxylation is 1. The van der Waals surface area contributed by atoms with E-state index in [4.69, 9.17) is 23.2 Å². The summed E-state index contributed by atoms with van der Waals surface area (Å²) in [4.78, 5) is 35.2. The number of hydrogen-bond acceptors (Lipinski definition) is 6. The number of aromatic nitrogens is 3. The first-order valence-corrected chi connectivity index (χ1v) is 11.9. The standard InChI is InChI=1S/C20H18Cl2N4O2S2/c1-3-6-26-19(28)16-12(11-4-5-11)8-29-18(16)25-20(26)30-9-15(27)24-17-14(22)7-13(21)10(2)23-17/h3,7-8,11H,1,4-6,9H2,2H3,(H,23,24,27). The van der Waals surface area contributed by atoms with Gasteiger partial charge in [0.05, 0.1) is 26.9 Å². The molecule has 0 bridgehead atoms. The van der Waals surface area contributed by atoms with Crippen LogP contribution in [0, 0.1) is 6.92 Å². The minimum absolute atomic E-state index is 0.0512. The van der Waals surface area contributed by atoms with Crippen LogP contribution in [0.25, 0.3) is 10.2 Å². The zero-order valence-corrected chi connectivity index (χ0v) is 19.2. The van der Waals surface area contributed by atoms with Crippen LogP contribution in [0.15, 0.2) is 34.1 Å². The van der Waals surface area contributed by atoms with E-state index < -0.39 is 0 Å². The number of nitrogens with one attached hydrogen (secondary N) is 1. The van der Waals surface area contributed by atoms with E-state index in [1.165, 1.54) is 23.1 Å². The van der Waals surface area contributed by atoms with Crippen molar-refractivity contribution in [1.29, 1.82) is 0 Å². The Balaban J connectivity index is 1.57. The molecule has 1 amide bonds. The largest absolute Gasteiger partial charge is 0.309 e. The van der Waals surface area contributed by atoms with Crippen LogP contribution < -0.4 is 10.9 Å². The van der Waals surface area contributed by atoms with Gasteiger partial charge < -0.3 is 5.32 Å². The molecule has 0 unspecified atom stereocenters. The van der Waals surface area contributed by atoms with Crippen LogP contribution in [0.1, 0.15) is 30.0 Å². The molecule has 0 spiro atoms. The van der Waals surface area contributed by atoms with Crippen LogP contribution in [0.3, 0.4) is 0 Å². The first-order chi connectivity index (χ1) is 14.4. The highest BCUT2D eigenvalue weighted by atomic mass is 35.5. The molecule has 1 N–H and O–H groups in total. The molecule has 1 saturated carbocycles. The number of amides is 1. The van der Waals surface area contributed by atoms with E-state index in [2.05, 4.69) is 21.9 Å². The number of hydrogen-bond donors (Lipinski definition) is 1. The van der Waals surface area contributed by atoms with Gasteiger partial charge in [0.1, 0.15) is 4.83 Å². The topological polar surface area (TPSA) is 76.9 Å². The van der Waals surface area contributed by atoms with Gasteiger partial charge >= 0.3 is 0 Å². The van der Waals surface area contributed by atoms with Gasteiger partial charge in [-0.05, 0) is 42.7 Å². The van der Waals surface area contributed by atoms with Crippen LogP contribution in [-0.2, 0) is 11.3 Å². The molecule has 0 atom stereocenters. The Morgan fingerprint density at radius 3 is 2.87 bits per heavy atom. The quantitative estimate of drug-likeness (QED) is 0.283. The molecule has 1 fully saturated rings. The van der Waals surface area contributed by atoms with Gasteiger partial charge in [0.2, 0.25) is 5.91 Å². The van der Waals surface area contributed by atoms with Gasteiger partial charge in [0.15, 0.2) is 11.0 Å². The number of pyridine rings is 1. The van der Waals surface area contributed by atoms with Gasteiger partial charge in [-0.2, -0.15) is 0 Å². The number of halogens is 2. The average molecular weight is 481 g/mol. The Morgan fingerprint density at radius 1 is 1.40 bits per heavy atom.